The van der Waals surface area contributed by atoms with Crippen molar-refractivity contribution in [3.8, 4) is 11.8 Å². The van der Waals surface area contributed by atoms with Crippen LogP contribution in [0.2, 0.25) is 0 Å². The van der Waals surface area contributed by atoms with Gasteiger partial charge >= 0.3 is 0 Å². The van der Waals surface area contributed by atoms with Gasteiger partial charge < -0.3 is 4.74 Å². The van der Waals surface area contributed by atoms with Gasteiger partial charge in [-0.1, -0.05) is 6.92 Å². The maximum absolute atomic E-state index is 8.46. The maximum Gasteiger partial charge on any atom is 0.122 e. The number of hydrogen-bond acceptors (Lipinski definition) is 3. The second-order valence-corrected chi connectivity index (χ2v) is 3.82. The predicted octanol–water partition coefficient (Wildman–Crippen LogP) is 2.87. The quantitative estimate of drug-likeness (QED) is 0.712. The Labute approximate surface area is 88.9 Å². The average molecular weight is 207 g/mol. The molecule has 74 valence electrons. The highest BCUT2D eigenvalue weighted by Crippen LogP contribution is 2.25. The van der Waals surface area contributed by atoms with Gasteiger partial charge in [-0.25, -0.2) is 0 Å². The molecule has 0 radical (unpaired) electrons. The van der Waals surface area contributed by atoms with E-state index in [1.54, 1.807) is 18.9 Å². The van der Waals surface area contributed by atoms with E-state index in [9.17, 15) is 0 Å². The first kappa shape index (κ1) is 10.9. The van der Waals surface area contributed by atoms with Gasteiger partial charge in [-0.15, -0.1) is 11.8 Å². The van der Waals surface area contributed by atoms with Crippen LogP contribution in [0.3, 0.4) is 0 Å². The Kier molecular flexibility index (Phi) is 4.34. The van der Waals surface area contributed by atoms with Gasteiger partial charge in [0.2, 0.25) is 0 Å². The van der Waals surface area contributed by atoms with Crippen LogP contribution in [0.1, 0.15) is 12.5 Å². The zero-order valence-corrected chi connectivity index (χ0v) is 9.23. The Morgan fingerprint density at radius 1 is 1.50 bits per heavy atom. The van der Waals surface area contributed by atoms with Gasteiger partial charge in [-0.2, -0.15) is 5.26 Å². The van der Waals surface area contributed by atoms with Crippen LogP contribution in [0.5, 0.6) is 5.75 Å². The first-order valence-electron chi connectivity index (χ1n) is 4.48. The van der Waals surface area contributed by atoms with Crippen LogP contribution in [0.15, 0.2) is 23.1 Å². The van der Waals surface area contributed by atoms with E-state index >= 15 is 0 Å². The summed E-state index contributed by atoms with van der Waals surface area (Å²) in [7, 11) is 1.68. The summed E-state index contributed by atoms with van der Waals surface area (Å²) in [6.45, 7) is 2.09. The summed E-state index contributed by atoms with van der Waals surface area (Å²) in [5.74, 6) is 1.42. The minimum atomic E-state index is 0.496. The molecule has 1 aromatic carbocycles. The summed E-state index contributed by atoms with van der Waals surface area (Å²) in [6, 6.07) is 8.14. The molecule has 0 aromatic heterocycles. The number of ether oxygens (including phenoxy) is 1. The van der Waals surface area contributed by atoms with E-state index in [1.165, 1.54) is 5.56 Å². The van der Waals surface area contributed by atoms with E-state index in [2.05, 4.69) is 19.1 Å². The van der Waals surface area contributed by atoms with Crippen molar-refractivity contribution in [3.63, 3.8) is 0 Å². The molecule has 2 nitrogen and oxygen atoms in total. The van der Waals surface area contributed by atoms with Crippen molar-refractivity contribution in [1.82, 2.24) is 0 Å². The zero-order chi connectivity index (χ0) is 10.4. The average Bonchev–Trinajstić information content (AvgIpc) is 2.25. The lowest BCUT2D eigenvalue weighted by Crippen LogP contribution is -1.90. The second kappa shape index (κ2) is 5.56. The molecule has 0 aliphatic heterocycles. The lowest BCUT2D eigenvalue weighted by Gasteiger charge is -2.07. The number of nitriles is 1. The fourth-order valence-electron chi connectivity index (χ4n) is 1.24. The minimum absolute atomic E-state index is 0.496. The fourth-order valence-corrected chi connectivity index (χ4v) is 1.86. The van der Waals surface area contributed by atoms with Crippen molar-refractivity contribution in [2.24, 2.45) is 0 Å². The van der Waals surface area contributed by atoms with Crippen molar-refractivity contribution in [2.45, 2.75) is 18.2 Å². The number of aryl methyl sites for hydroxylation is 1. The first-order valence-corrected chi connectivity index (χ1v) is 5.47. The third-order valence-corrected chi connectivity index (χ3v) is 2.80. The van der Waals surface area contributed by atoms with Gasteiger partial charge in [0, 0.05) is 4.90 Å². The minimum Gasteiger partial charge on any atom is -0.496 e. The van der Waals surface area contributed by atoms with Gasteiger partial charge in [-0.3, -0.25) is 0 Å². The van der Waals surface area contributed by atoms with Crippen LogP contribution in [0.25, 0.3) is 0 Å². The van der Waals surface area contributed by atoms with Crippen LogP contribution in [-0.4, -0.2) is 12.9 Å². The molecule has 1 aromatic rings. The van der Waals surface area contributed by atoms with Gasteiger partial charge in [0.1, 0.15) is 5.75 Å². The molecule has 0 bridgehead atoms. The van der Waals surface area contributed by atoms with E-state index in [0.717, 1.165) is 17.1 Å². The number of benzene rings is 1. The maximum atomic E-state index is 8.46. The predicted molar refractivity (Wildman–Crippen MR) is 58.7 cm³/mol. The van der Waals surface area contributed by atoms with Crippen molar-refractivity contribution in [2.75, 3.05) is 12.9 Å². The normalized spacial score (nSPS) is 9.50. The third kappa shape index (κ3) is 2.68. The van der Waals surface area contributed by atoms with Crippen molar-refractivity contribution < 1.29 is 4.74 Å². The monoisotopic (exact) mass is 207 g/mol. The van der Waals surface area contributed by atoms with E-state index in [4.69, 9.17) is 10.00 Å². The Bertz CT molecular complexity index is 344. The molecule has 14 heavy (non-hydrogen) atoms. The van der Waals surface area contributed by atoms with Gasteiger partial charge in [0.25, 0.3) is 0 Å². The summed E-state index contributed by atoms with van der Waals surface area (Å²) in [5, 5.41) is 8.46. The van der Waals surface area contributed by atoms with E-state index in [-0.39, 0.29) is 0 Å². The van der Waals surface area contributed by atoms with Crippen molar-refractivity contribution in [1.29, 1.82) is 5.26 Å². The molecule has 0 unspecified atom stereocenters. The zero-order valence-electron chi connectivity index (χ0n) is 8.41. The topological polar surface area (TPSA) is 33.0 Å². The van der Waals surface area contributed by atoms with Gasteiger partial charge in [-0.05, 0) is 30.2 Å². The molecule has 0 saturated carbocycles. The third-order valence-electron chi connectivity index (χ3n) is 1.94. The highest BCUT2D eigenvalue weighted by atomic mass is 32.2. The molecular formula is C11H13NOS. The van der Waals surface area contributed by atoms with E-state index in [1.807, 2.05) is 12.1 Å². The summed E-state index contributed by atoms with van der Waals surface area (Å²) in [6.07, 6.45) is 0.949. The molecule has 0 heterocycles. The van der Waals surface area contributed by atoms with Crippen LogP contribution >= 0.6 is 11.8 Å². The van der Waals surface area contributed by atoms with Crippen molar-refractivity contribution >= 4 is 11.8 Å². The molecule has 3 heteroatoms. The lowest BCUT2D eigenvalue weighted by atomic mass is 10.1. The molecule has 0 saturated heterocycles. The fraction of sp³-hybridized carbons (Fsp3) is 0.364. The lowest BCUT2D eigenvalue weighted by molar-refractivity contribution is 0.409. The molecule has 0 fully saturated rings. The molecule has 0 atom stereocenters. The Morgan fingerprint density at radius 3 is 2.86 bits per heavy atom. The van der Waals surface area contributed by atoms with Crippen molar-refractivity contribution in [3.05, 3.63) is 23.8 Å². The van der Waals surface area contributed by atoms with E-state index < -0.39 is 0 Å². The Balaban J connectivity index is 2.85. The Hall–Kier alpha value is -1.14. The number of nitrogens with zero attached hydrogens (tertiary/aromatic N) is 1. The van der Waals surface area contributed by atoms with Gasteiger partial charge in [0.15, 0.2) is 0 Å². The first-order chi connectivity index (χ1) is 6.81. The number of hydrogen-bond donors (Lipinski definition) is 0. The SMILES string of the molecule is CCc1cc(SCC#N)ccc1OC. The smallest absolute Gasteiger partial charge is 0.122 e. The molecule has 0 spiro atoms. The molecular weight excluding hydrogens is 194 g/mol. The largest absolute Gasteiger partial charge is 0.496 e. The highest BCUT2D eigenvalue weighted by molar-refractivity contribution is 7.99. The van der Waals surface area contributed by atoms with Crippen LogP contribution in [0.4, 0.5) is 0 Å². The van der Waals surface area contributed by atoms with Crippen LogP contribution < -0.4 is 4.74 Å². The van der Waals surface area contributed by atoms with E-state index in [0.29, 0.717) is 5.75 Å². The number of rotatable bonds is 4. The van der Waals surface area contributed by atoms with Crippen LogP contribution in [0, 0.1) is 11.3 Å². The molecule has 1 rings (SSSR count). The second-order valence-electron chi connectivity index (χ2n) is 2.77. The standard InChI is InChI=1S/C11H13NOS/c1-3-9-8-10(14-7-6-12)4-5-11(9)13-2/h4-5,8H,3,7H2,1-2H3. The number of methoxy groups -OCH3 is 1. The number of thioether (sulfide) groups is 1. The summed E-state index contributed by atoms with van der Waals surface area (Å²) < 4.78 is 5.22. The summed E-state index contributed by atoms with van der Waals surface area (Å²) in [5.41, 5.74) is 1.19. The molecule has 0 amide bonds. The Morgan fingerprint density at radius 2 is 2.29 bits per heavy atom. The molecule has 0 aliphatic carbocycles. The molecule has 0 N–H and O–H groups in total. The highest BCUT2D eigenvalue weighted by Gasteiger charge is 2.02. The summed E-state index contributed by atoms with van der Waals surface area (Å²) >= 11 is 1.55. The summed E-state index contributed by atoms with van der Waals surface area (Å²) in [4.78, 5) is 1.13. The van der Waals surface area contributed by atoms with Gasteiger partial charge in [0.05, 0.1) is 18.9 Å². The molecule has 0 aliphatic rings. The van der Waals surface area contributed by atoms with Crippen LogP contribution in [-0.2, 0) is 6.42 Å².